The van der Waals surface area contributed by atoms with Crippen molar-refractivity contribution in [1.29, 1.82) is 0 Å². The fourth-order valence-corrected chi connectivity index (χ4v) is 4.20. The molecule has 11 heteroatoms. The molecule has 1 aromatic heterocycles. The van der Waals surface area contributed by atoms with Crippen LogP contribution >= 0.6 is 23.6 Å². The summed E-state index contributed by atoms with van der Waals surface area (Å²) in [6, 6.07) is 8.41. The quantitative estimate of drug-likeness (QED) is 0.261. The summed E-state index contributed by atoms with van der Waals surface area (Å²) in [4.78, 5) is 16.4. The van der Waals surface area contributed by atoms with Crippen molar-refractivity contribution in [3.63, 3.8) is 0 Å². The molecule has 3 nitrogen and oxygen atoms in total. The van der Waals surface area contributed by atoms with Gasteiger partial charge in [0.05, 0.1) is 16.6 Å². The van der Waals surface area contributed by atoms with Crippen molar-refractivity contribution in [2.24, 2.45) is 0 Å². The number of rotatable bonds is 7. The first-order valence-electron chi connectivity index (χ1n) is 9.92. The van der Waals surface area contributed by atoms with Crippen LogP contribution in [0.5, 0.6) is 0 Å². The van der Waals surface area contributed by atoms with Gasteiger partial charge in [-0.15, -0.1) is 11.3 Å². The van der Waals surface area contributed by atoms with E-state index in [4.69, 9.17) is 12.2 Å². The third kappa shape index (κ3) is 6.86. The number of hydrogen-bond acceptors (Lipinski definition) is 4. The number of nitrogens with zero attached hydrogens (tertiary/aromatic N) is 1. The van der Waals surface area contributed by atoms with E-state index in [-0.39, 0.29) is 24.0 Å². The molecular formula is C23H18F6N2OS2. The zero-order valence-corrected chi connectivity index (χ0v) is 19.3. The van der Waals surface area contributed by atoms with Crippen LogP contribution in [0.15, 0.2) is 53.4 Å². The monoisotopic (exact) mass is 516 g/mol. The van der Waals surface area contributed by atoms with Crippen molar-refractivity contribution >= 4 is 40.0 Å². The predicted octanol–water partition coefficient (Wildman–Crippen LogP) is 7.54. The molecule has 0 unspecified atom stereocenters. The van der Waals surface area contributed by atoms with Crippen LogP contribution in [-0.2, 0) is 18.8 Å². The Labute approximate surface area is 200 Å². The van der Waals surface area contributed by atoms with Crippen LogP contribution in [0.1, 0.15) is 52.0 Å². The van der Waals surface area contributed by atoms with Gasteiger partial charge in [-0.25, -0.2) is 4.98 Å². The molecule has 1 heterocycles. The van der Waals surface area contributed by atoms with E-state index >= 15 is 0 Å². The summed E-state index contributed by atoms with van der Waals surface area (Å²) < 4.78 is 78.7. The van der Waals surface area contributed by atoms with Crippen molar-refractivity contribution < 1.29 is 31.1 Å². The molecule has 1 atom stereocenters. The van der Waals surface area contributed by atoms with Gasteiger partial charge in [0.15, 0.2) is 0 Å². The molecule has 3 rings (SSSR count). The van der Waals surface area contributed by atoms with Crippen molar-refractivity contribution in [2.45, 2.75) is 38.0 Å². The number of anilines is 1. The molecule has 0 saturated heterocycles. The summed E-state index contributed by atoms with van der Waals surface area (Å²) in [5.41, 5.74) is 0.421. The van der Waals surface area contributed by atoms with Crippen molar-refractivity contribution in [1.82, 2.24) is 4.98 Å². The number of thiocarbonyl (C=S) groups is 1. The first kappa shape index (κ1) is 25.8. The Morgan fingerprint density at radius 1 is 1.03 bits per heavy atom. The predicted molar refractivity (Wildman–Crippen MR) is 122 cm³/mol. The molecular weight excluding hydrogens is 498 g/mol. The highest BCUT2D eigenvalue weighted by molar-refractivity contribution is 7.80. The maximum Gasteiger partial charge on any atom is 0.416 e. The van der Waals surface area contributed by atoms with E-state index in [0.717, 1.165) is 17.7 Å². The highest BCUT2D eigenvalue weighted by Crippen LogP contribution is 2.38. The Bertz CT molecular complexity index is 1120. The van der Waals surface area contributed by atoms with Gasteiger partial charge in [-0.2, -0.15) is 26.3 Å². The van der Waals surface area contributed by atoms with Crippen LogP contribution in [0.4, 0.5) is 32.0 Å². The summed E-state index contributed by atoms with van der Waals surface area (Å²) in [7, 11) is 0. The molecule has 0 aliphatic heterocycles. The number of hydrogen-bond donors (Lipinski definition) is 1. The zero-order chi connectivity index (χ0) is 25.1. The largest absolute Gasteiger partial charge is 0.416 e. The van der Waals surface area contributed by atoms with E-state index < -0.39 is 29.4 Å². The molecule has 0 radical (unpaired) electrons. The second-order valence-electron chi connectivity index (χ2n) is 7.68. The van der Waals surface area contributed by atoms with Gasteiger partial charge in [-0.1, -0.05) is 31.3 Å². The highest BCUT2D eigenvalue weighted by atomic mass is 32.1. The van der Waals surface area contributed by atoms with E-state index in [1.807, 2.05) is 0 Å². The van der Waals surface area contributed by atoms with Crippen LogP contribution in [-0.4, -0.2) is 15.8 Å². The van der Waals surface area contributed by atoms with E-state index in [1.54, 1.807) is 42.1 Å². The first-order valence-corrected chi connectivity index (χ1v) is 11.3. The van der Waals surface area contributed by atoms with Crippen LogP contribution in [0.2, 0.25) is 0 Å². The zero-order valence-electron chi connectivity index (χ0n) is 17.6. The average molecular weight is 517 g/mol. The minimum absolute atomic E-state index is 0.0791. The molecule has 2 aromatic carbocycles. The van der Waals surface area contributed by atoms with Crippen molar-refractivity contribution in [3.05, 3.63) is 81.3 Å². The van der Waals surface area contributed by atoms with E-state index in [1.165, 1.54) is 11.3 Å². The van der Waals surface area contributed by atoms with Gasteiger partial charge in [-0.3, -0.25) is 4.79 Å². The third-order valence-electron chi connectivity index (χ3n) is 4.99. The Balaban J connectivity index is 1.66. The molecule has 34 heavy (non-hydrogen) atoms. The SMILES string of the molecule is C[C@H](CC(=S)Cc1ccc(NC(=O)c2cscn2)cc1)c1cc(C(F)(F)F)cc(C(F)(F)F)c1. The van der Waals surface area contributed by atoms with Crippen LogP contribution in [0.3, 0.4) is 0 Å². The van der Waals surface area contributed by atoms with Crippen molar-refractivity contribution in [3.8, 4) is 0 Å². The minimum Gasteiger partial charge on any atom is -0.321 e. The minimum atomic E-state index is -4.90. The van der Waals surface area contributed by atoms with Crippen LogP contribution < -0.4 is 5.32 Å². The lowest BCUT2D eigenvalue weighted by molar-refractivity contribution is -0.143. The lowest BCUT2D eigenvalue weighted by Gasteiger charge is -2.18. The molecule has 0 aliphatic carbocycles. The Morgan fingerprint density at radius 2 is 1.62 bits per heavy atom. The molecule has 0 saturated carbocycles. The Hall–Kier alpha value is -2.79. The number of thiazole rings is 1. The number of alkyl halides is 6. The first-order chi connectivity index (χ1) is 15.8. The lowest BCUT2D eigenvalue weighted by atomic mass is 9.91. The van der Waals surface area contributed by atoms with Gasteiger partial charge in [0.25, 0.3) is 5.91 Å². The topological polar surface area (TPSA) is 42.0 Å². The average Bonchev–Trinajstić information content (AvgIpc) is 3.28. The van der Waals surface area contributed by atoms with E-state index in [0.29, 0.717) is 22.7 Å². The number of carbonyl (C=O) groups excluding carboxylic acids is 1. The summed E-state index contributed by atoms with van der Waals surface area (Å²) in [5, 5.41) is 4.32. The lowest BCUT2D eigenvalue weighted by Crippen LogP contribution is -2.13. The maximum atomic E-state index is 13.1. The number of aromatic nitrogens is 1. The molecule has 0 bridgehead atoms. The van der Waals surface area contributed by atoms with E-state index in [2.05, 4.69) is 10.3 Å². The van der Waals surface area contributed by atoms with Gasteiger partial charge in [-0.05, 0) is 58.7 Å². The van der Waals surface area contributed by atoms with Gasteiger partial charge in [0.2, 0.25) is 0 Å². The number of carbonyl (C=O) groups is 1. The number of amides is 1. The third-order valence-corrected chi connectivity index (χ3v) is 5.89. The smallest absolute Gasteiger partial charge is 0.321 e. The second kappa shape index (κ2) is 10.2. The van der Waals surface area contributed by atoms with Gasteiger partial charge in [0, 0.05) is 17.5 Å². The number of halogens is 6. The normalized spacial score (nSPS) is 12.9. The van der Waals surface area contributed by atoms with Crippen LogP contribution in [0, 0.1) is 0 Å². The molecule has 0 aliphatic rings. The maximum absolute atomic E-state index is 13.1. The molecule has 1 amide bonds. The van der Waals surface area contributed by atoms with Crippen LogP contribution in [0.25, 0.3) is 0 Å². The Kier molecular flexibility index (Phi) is 7.77. The molecule has 0 fully saturated rings. The Morgan fingerprint density at radius 3 is 2.12 bits per heavy atom. The van der Waals surface area contributed by atoms with Gasteiger partial charge >= 0.3 is 12.4 Å². The summed E-state index contributed by atoms with van der Waals surface area (Å²) in [6.07, 6.45) is -9.35. The summed E-state index contributed by atoms with van der Waals surface area (Å²) in [6.45, 7) is 1.54. The molecule has 3 aromatic rings. The fourth-order valence-electron chi connectivity index (χ4n) is 3.25. The summed E-state index contributed by atoms with van der Waals surface area (Å²) in [5.74, 6) is -0.995. The molecule has 180 valence electrons. The molecule has 1 N–H and O–H groups in total. The fraction of sp³-hybridized carbons (Fsp3) is 0.261. The van der Waals surface area contributed by atoms with E-state index in [9.17, 15) is 31.1 Å². The highest BCUT2D eigenvalue weighted by Gasteiger charge is 2.37. The second-order valence-corrected chi connectivity index (χ2v) is 8.98. The van der Waals surface area contributed by atoms with Gasteiger partial charge < -0.3 is 5.32 Å². The summed E-state index contributed by atoms with van der Waals surface area (Å²) >= 11 is 6.66. The molecule has 0 spiro atoms. The van der Waals surface area contributed by atoms with Crippen molar-refractivity contribution in [2.75, 3.05) is 5.32 Å². The standard InChI is InChI=1S/C23H18F6N2OS2/c1-13(15-8-16(22(24,25)26)10-17(9-15)23(27,28)29)6-19(33)7-14-2-4-18(5-3-14)31-21(32)20-11-34-12-30-20/h2-5,8-13H,6-7H2,1H3,(H,31,32)/t13-/m1/s1. The number of benzene rings is 2. The number of nitrogens with one attached hydrogen (secondary N) is 1. The van der Waals surface area contributed by atoms with Gasteiger partial charge in [0.1, 0.15) is 5.69 Å².